The van der Waals surface area contributed by atoms with Gasteiger partial charge < -0.3 is 14.1 Å². The van der Waals surface area contributed by atoms with Gasteiger partial charge in [-0.2, -0.15) is 4.31 Å². The number of fused-ring (bicyclic) bond motifs is 1. The highest BCUT2D eigenvalue weighted by molar-refractivity contribution is 7.88. The zero-order valence-electron chi connectivity index (χ0n) is 14.6. The van der Waals surface area contributed by atoms with Crippen molar-refractivity contribution >= 4 is 26.9 Å². The molecule has 1 aromatic heterocycles. The Balaban J connectivity index is 1.62. The van der Waals surface area contributed by atoms with Crippen LogP contribution in [0.15, 0.2) is 33.5 Å². The van der Waals surface area contributed by atoms with E-state index in [0.29, 0.717) is 24.4 Å². The summed E-state index contributed by atoms with van der Waals surface area (Å²) < 4.78 is 35.0. The predicted molar refractivity (Wildman–Crippen MR) is 95.7 cm³/mol. The van der Waals surface area contributed by atoms with E-state index in [1.54, 1.807) is 23.1 Å². The standard InChI is InChI=1S/C17H20N2O6S/c1-12-9-17(21)25-15-10-13(3-4-14(12)15)24-11-16(20)18-5-7-19(8-6-18)26(2,22)23/h3-4,9-10H,5-8,11H2,1-2H3. The first-order chi connectivity index (χ1) is 12.2. The second-order valence-electron chi connectivity index (χ2n) is 6.24. The van der Waals surface area contributed by atoms with Crippen molar-refractivity contribution in [3.8, 4) is 5.75 Å². The summed E-state index contributed by atoms with van der Waals surface area (Å²) in [4.78, 5) is 25.3. The van der Waals surface area contributed by atoms with Gasteiger partial charge in [-0.25, -0.2) is 13.2 Å². The van der Waals surface area contributed by atoms with Crippen LogP contribution in [0.1, 0.15) is 5.56 Å². The van der Waals surface area contributed by atoms with E-state index in [9.17, 15) is 18.0 Å². The zero-order valence-corrected chi connectivity index (χ0v) is 15.4. The van der Waals surface area contributed by atoms with Gasteiger partial charge in [0.2, 0.25) is 10.0 Å². The van der Waals surface area contributed by atoms with Crippen molar-refractivity contribution in [2.75, 3.05) is 39.0 Å². The highest BCUT2D eigenvalue weighted by Crippen LogP contribution is 2.22. The summed E-state index contributed by atoms with van der Waals surface area (Å²) in [6.45, 7) is 2.89. The third-order valence-corrected chi connectivity index (χ3v) is 5.65. The summed E-state index contributed by atoms with van der Waals surface area (Å²) in [6.07, 6.45) is 1.16. The fraction of sp³-hybridized carbons (Fsp3) is 0.412. The SMILES string of the molecule is Cc1cc(=O)oc2cc(OCC(=O)N3CCN(S(C)(=O)=O)CC3)ccc12. The second-order valence-corrected chi connectivity index (χ2v) is 8.22. The average molecular weight is 380 g/mol. The molecule has 1 aliphatic heterocycles. The molecule has 0 saturated carbocycles. The normalized spacial score (nSPS) is 16.0. The first-order valence-corrected chi connectivity index (χ1v) is 9.99. The lowest BCUT2D eigenvalue weighted by Gasteiger charge is -2.33. The van der Waals surface area contributed by atoms with Gasteiger partial charge >= 0.3 is 5.63 Å². The number of rotatable bonds is 4. The third kappa shape index (κ3) is 4.05. The summed E-state index contributed by atoms with van der Waals surface area (Å²) in [5, 5.41) is 0.806. The molecule has 0 radical (unpaired) electrons. The molecule has 1 saturated heterocycles. The zero-order chi connectivity index (χ0) is 18.9. The number of carbonyl (C=O) groups is 1. The Hall–Kier alpha value is -2.39. The Morgan fingerprint density at radius 3 is 2.54 bits per heavy atom. The highest BCUT2D eigenvalue weighted by atomic mass is 32.2. The molecule has 1 fully saturated rings. The Kier molecular flexibility index (Phi) is 5.01. The minimum atomic E-state index is -3.23. The molecule has 1 aromatic carbocycles. The maximum Gasteiger partial charge on any atom is 0.336 e. The molecule has 0 spiro atoms. The van der Waals surface area contributed by atoms with Gasteiger partial charge in [-0.1, -0.05) is 0 Å². The van der Waals surface area contributed by atoms with Crippen molar-refractivity contribution in [1.82, 2.24) is 9.21 Å². The third-order valence-electron chi connectivity index (χ3n) is 4.35. The van der Waals surface area contributed by atoms with Crippen LogP contribution < -0.4 is 10.4 Å². The van der Waals surface area contributed by atoms with E-state index in [1.165, 1.54) is 10.4 Å². The lowest BCUT2D eigenvalue weighted by atomic mass is 10.1. The van der Waals surface area contributed by atoms with E-state index in [-0.39, 0.29) is 25.6 Å². The summed E-state index contributed by atoms with van der Waals surface area (Å²) in [7, 11) is -3.23. The number of sulfonamides is 1. The molecule has 0 bridgehead atoms. The maximum absolute atomic E-state index is 12.3. The molecular formula is C17H20N2O6S. The van der Waals surface area contributed by atoms with Gasteiger partial charge in [0.05, 0.1) is 6.26 Å². The first-order valence-electron chi connectivity index (χ1n) is 8.14. The van der Waals surface area contributed by atoms with Crippen LogP contribution >= 0.6 is 0 Å². The molecular weight excluding hydrogens is 360 g/mol. The molecule has 26 heavy (non-hydrogen) atoms. The van der Waals surface area contributed by atoms with Crippen LogP contribution in [0, 0.1) is 6.92 Å². The van der Waals surface area contributed by atoms with Gasteiger partial charge in [0, 0.05) is 43.7 Å². The van der Waals surface area contributed by atoms with Gasteiger partial charge in [0.15, 0.2) is 6.61 Å². The summed E-state index contributed by atoms with van der Waals surface area (Å²) in [5.41, 5.74) is 0.774. The lowest BCUT2D eigenvalue weighted by molar-refractivity contribution is -0.134. The van der Waals surface area contributed by atoms with Crippen molar-refractivity contribution in [2.45, 2.75) is 6.92 Å². The number of benzene rings is 1. The van der Waals surface area contributed by atoms with E-state index in [4.69, 9.17) is 9.15 Å². The van der Waals surface area contributed by atoms with Gasteiger partial charge in [0.1, 0.15) is 11.3 Å². The van der Waals surface area contributed by atoms with Gasteiger partial charge in [-0.05, 0) is 24.6 Å². The average Bonchev–Trinajstić information content (AvgIpc) is 2.58. The molecule has 0 unspecified atom stereocenters. The molecule has 0 N–H and O–H groups in total. The number of nitrogens with zero attached hydrogens (tertiary/aromatic N) is 2. The van der Waals surface area contributed by atoms with Crippen LogP contribution in [0.2, 0.25) is 0 Å². The highest BCUT2D eigenvalue weighted by Gasteiger charge is 2.26. The van der Waals surface area contributed by atoms with E-state index in [0.717, 1.165) is 17.2 Å². The Morgan fingerprint density at radius 1 is 1.19 bits per heavy atom. The molecule has 9 heteroatoms. The van der Waals surface area contributed by atoms with Gasteiger partial charge in [-0.15, -0.1) is 0 Å². The number of piperazine rings is 1. The number of aryl methyl sites for hydroxylation is 1. The number of hydrogen-bond acceptors (Lipinski definition) is 6. The van der Waals surface area contributed by atoms with Crippen molar-refractivity contribution < 1.29 is 22.4 Å². The number of hydrogen-bond donors (Lipinski definition) is 0. The van der Waals surface area contributed by atoms with Gasteiger partial charge in [0.25, 0.3) is 5.91 Å². The van der Waals surface area contributed by atoms with Crippen LogP contribution in [-0.2, 0) is 14.8 Å². The molecule has 140 valence electrons. The topological polar surface area (TPSA) is 97.1 Å². The minimum Gasteiger partial charge on any atom is -0.484 e. The number of carbonyl (C=O) groups excluding carboxylic acids is 1. The fourth-order valence-electron chi connectivity index (χ4n) is 2.90. The first kappa shape index (κ1) is 18.4. The largest absolute Gasteiger partial charge is 0.484 e. The molecule has 2 aromatic rings. The Bertz CT molecular complexity index is 990. The molecule has 2 heterocycles. The van der Waals surface area contributed by atoms with E-state index in [1.807, 2.05) is 6.92 Å². The number of amides is 1. The Morgan fingerprint density at radius 2 is 1.88 bits per heavy atom. The monoisotopic (exact) mass is 380 g/mol. The van der Waals surface area contributed by atoms with Crippen LogP contribution in [-0.4, -0.2) is 62.6 Å². The molecule has 1 aliphatic rings. The fourth-order valence-corrected chi connectivity index (χ4v) is 3.73. The predicted octanol–water partition coefficient (Wildman–Crippen LogP) is 0.584. The summed E-state index contributed by atoms with van der Waals surface area (Å²) in [6, 6.07) is 6.49. The van der Waals surface area contributed by atoms with Crippen molar-refractivity contribution in [1.29, 1.82) is 0 Å². The lowest BCUT2D eigenvalue weighted by Crippen LogP contribution is -2.51. The molecule has 1 amide bonds. The number of ether oxygens (including phenoxy) is 1. The smallest absolute Gasteiger partial charge is 0.336 e. The van der Waals surface area contributed by atoms with Crippen molar-refractivity contribution in [2.24, 2.45) is 0 Å². The molecule has 8 nitrogen and oxygen atoms in total. The van der Waals surface area contributed by atoms with Crippen LogP contribution in [0.3, 0.4) is 0 Å². The Labute approximate surface area is 151 Å². The quantitative estimate of drug-likeness (QED) is 0.720. The minimum absolute atomic E-state index is 0.166. The summed E-state index contributed by atoms with van der Waals surface area (Å²) in [5.74, 6) is 0.207. The van der Waals surface area contributed by atoms with Crippen LogP contribution in [0.4, 0.5) is 0 Å². The molecule has 3 rings (SSSR count). The van der Waals surface area contributed by atoms with Crippen molar-refractivity contribution in [3.05, 3.63) is 40.2 Å². The second kappa shape index (κ2) is 7.08. The van der Waals surface area contributed by atoms with E-state index < -0.39 is 15.6 Å². The van der Waals surface area contributed by atoms with Gasteiger partial charge in [-0.3, -0.25) is 4.79 Å². The van der Waals surface area contributed by atoms with E-state index >= 15 is 0 Å². The van der Waals surface area contributed by atoms with E-state index in [2.05, 4.69) is 0 Å². The maximum atomic E-state index is 12.3. The molecule has 0 aliphatic carbocycles. The van der Waals surface area contributed by atoms with Crippen molar-refractivity contribution in [3.63, 3.8) is 0 Å². The van der Waals surface area contributed by atoms with Crippen LogP contribution in [0.5, 0.6) is 5.75 Å². The summed E-state index contributed by atoms with van der Waals surface area (Å²) >= 11 is 0. The van der Waals surface area contributed by atoms with Crippen LogP contribution in [0.25, 0.3) is 11.0 Å². The molecule has 0 atom stereocenters.